The molecule has 8 nitrogen and oxygen atoms in total. The number of imidazole rings is 1. The highest BCUT2D eigenvalue weighted by Gasteiger charge is 2.29. The van der Waals surface area contributed by atoms with Gasteiger partial charge in [0.15, 0.2) is 17.0 Å². The number of fused-ring (bicyclic) bond motifs is 1. The van der Waals surface area contributed by atoms with Gasteiger partial charge in [-0.2, -0.15) is 9.97 Å². The van der Waals surface area contributed by atoms with Crippen LogP contribution in [0.2, 0.25) is 0 Å². The van der Waals surface area contributed by atoms with Crippen LogP contribution < -0.4 is 16.5 Å². The van der Waals surface area contributed by atoms with Gasteiger partial charge in [0.25, 0.3) is 0 Å². The third kappa shape index (κ3) is 4.97. The van der Waals surface area contributed by atoms with Gasteiger partial charge in [-0.3, -0.25) is 0 Å². The molecule has 0 aromatic carbocycles. The van der Waals surface area contributed by atoms with Crippen molar-refractivity contribution in [2.24, 2.45) is 17.6 Å². The molecule has 4 aliphatic rings. The molecule has 1 aliphatic heterocycles. The van der Waals surface area contributed by atoms with E-state index in [1.165, 1.54) is 57.8 Å². The molecule has 3 heterocycles. The first-order chi connectivity index (χ1) is 16.2. The predicted molar refractivity (Wildman–Crippen MR) is 132 cm³/mol. The summed E-state index contributed by atoms with van der Waals surface area (Å²) in [6.45, 7) is 2.16. The number of anilines is 2. The Kier molecular flexibility index (Phi) is 6.13. The van der Waals surface area contributed by atoms with Crippen LogP contribution >= 0.6 is 0 Å². The molecule has 0 unspecified atom stereocenters. The summed E-state index contributed by atoms with van der Waals surface area (Å²) in [6.07, 6.45) is 18.3. The fraction of sp³-hybridized carbons (Fsp3) is 0.800. The monoisotopic (exact) mass is 452 g/mol. The van der Waals surface area contributed by atoms with Gasteiger partial charge in [0.2, 0.25) is 5.95 Å². The number of nitrogens with two attached hydrogens (primary N) is 1. The quantitative estimate of drug-likeness (QED) is 0.570. The normalized spacial score (nSPS) is 27.9. The minimum atomic E-state index is 0.343. The lowest BCUT2D eigenvalue weighted by molar-refractivity contribution is 0.205. The van der Waals surface area contributed by atoms with Crippen molar-refractivity contribution >= 4 is 22.9 Å². The minimum Gasteiger partial charge on any atom is -0.351 e. The first-order valence-electron chi connectivity index (χ1n) is 13.5. The van der Waals surface area contributed by atoms with Gasteiger partial charge in [0.1, 0.15) is 0 Å². The summed E-state index contributed by atoms with van der Waals surface area (Å²) in [5.74, 6) is 3.51. The van der Waals surface area contributed by atoms with Gasteiger partial charge in [-0.1, -0.05) is 25.7 Å². The van der Waals surface area contributed by atoms with E-state index in [2.05, 4.69) is 20.3 Å². The summed E-state index contributed by atoms with van der Waals surface area (Å²) >= 11 is 0. The Morgan fingerprint density at radius 1 is 0.879 bits per heavy atom. The molecule has 4 fully saturated rings. The van der Waals surface area contributed by atoms with Crippen molar-refractivity contribution in [2.75, 3.05) is 23.8 Å². The van der Waals surface area contributed by atoms with E-state index in [0.29, 0.717) is 18.1 Å². The van der Waals surface area contributed by atoms with Crippen molar-refractivity contribution in [1.29, 1.82) is 0 Å². The second-order valence-electron chi connectivity index (χ2n) is 11.1. The van der Waals surface area contributed by atoms with Gasteiger partial charge >= 0.3 is 0 Å². The van der Waals surface area contributed by atoms with Gasteiger partial charge < -0.3 is 21.0 Å². The zero-order valence-corrected chi connectivity index (χ0v) is 19.9. The fourth-order valence-electron chi connectivity index (χ4n) is 6.21. The standard InChI is InChI=1S/C25H40N8/c26-19-7-9-20(10-8-19)28-25-29-23(31-32-13-11-18(12-14-32)15-17-5-6-17)22-24(30-25)33(16-27-22)21-3-1-2-4-21/h16-21H,1-15,26H2,(H2,28,29,30,31). The van der Waals surface area contributed by atoms with Crippen LogP contribution in [0.3, 0.4) is 0 Å². The van der Waals surface area contributed by atoms with Gasteiger partial charge in [0.05, 0.1) is 6.33 Å². The first-order valence-corrected chi connectivity index (χ1v) is 13.5. The van der Waals surface area contributed by atoms with Crippen LogP contribution in [0.1, 0.15) is 89.5 Å². The molecular formula is C25H40N8. The second kappa shape index (κ2) is 9.37. The lowest BCUT2D eigenvalue weighted by Gasteiger charge is -2.32. The largest absolute Gasteiger partial charge is 0.351 e. The van der Waals surface area contributed by atoms with Gasteiger partial charge in [0, 0.05) is 31.2 Å². The molecule has 0 spiro atoms. The Morgan fingerprint density at radius 2 is 1.61 bits per heavy atom. The van der Waals surface area contributed by atoms with E-state index < -0.39 is 0 Å². The molecule has 6 rings (SSSR count). The average molecular weight is 453 g/mol. The molecular weight excluding hydrogens is 412 g/mol. The molecule has 4 N–H and O–H groups in total. The minimum absolute atomic E-state index is 0.343. The topological polar surface area (TPSA) is 96.9 Å². The zero-order valence-electron chi connectivity index (χ0n) is 19.9. The highest BCUT2D eigenvalue weighted by molar-refractivity contribution is 5.84. The van der Waals surface area contributed by atoms with Crippen LogP contribution in [0.4, 0.5) is 11.8 Å². The summed E-state index contributed by atoms with van der Waals surface area (Å²) < 4.78 is 2.30. The molecule has 33 heavy (non-hydrogen) atoms. The van der Waals surface area contributed by atoms with Gasteiger partial charge in [-0.25, -0.2) is 9.99 Å². The van der Waals surface area contributed by atoms with E-state index in [0.717, 1.165) is 73.5 Å². The van der Waals surface area contributed by atoms with E-state index in [1.54, 1.807) is 0 Å². The van der Waals surface area contributed by atoms with E-state index in [4.69, 9.17) is 20.7 Å². The summed E-state index contributed by atoms with van der Waals surface area (Å²) in [5.41, 5.74) is 11.6. The third-order valence-electron chi connectivity index (χ3n) is 8.49. The van der Waals surface area contributed by atoms with E-state index >= 15 is 0 Å². The molecule has 3 aliphatic carbocycles. The lowest BCUT2D eigenvalue weighted by atomic mass is 9.92. The molecule has 0 amide bonds. The predicted octanol–water partition coefficient (Wildman–Crippen LogP) is 4.46. The Morgan fingerprint density at radius 3 is 2.33 bits per heavy atom. The SMILES string of the molecule is NC1CCC(Nc2nc(NN3CCC(CC4CC4)CC3)c3ncn(C4CCCC4)c3n2)CC1. The Balaban J connectivity index is 1.22. The molecule has 1 saturated heterocycles. The Labute approximate surface area is 197 Å². The van der Waals surface area contributed by atoms with Gasteiger partial charge in [-0.05, 0) is 69.6 Å². The summed E-state index contributed by atoms with van der Waals surface area (Å²) in [4.78, 5) is 14.7. The van der Waals surface area contributed by atoms with Crippen LogP contribution in [-0.2, 0) is 0 Å². The number of hydrazine groups is 1. The van der Waals surface area contributed by atoms with Crippen molar-refractivity contribution in [3.63, 3.8) is 0 Å². The molecule has 0 atom stereocenters. The molecule has 3 saturated carbocycles. The number of hydrogen-bond acceptors (Lipinski definition) is 7. The van der Waals surface area contributed by atoms with Gasteiger partial charge in [-0.15, -0.1) is 0 Å². The molecule has 2 aromatic rings. The molecule has 0 bridgehead atoms. The Hall–Kier alpha value is -1.93. The zero-order chi connectivity index (χ0) is 22.2. The highest BCUT2D eigenvalue weighted by atomic mass is 15.5. The fourth-order valence-corrected chi connectivity index (χ4v) is 6.21. The highest BCUT2D eigenvalue weighted by Crippen LogP contribution is 2.38. The average Bonchev–Trinajstić information content (AvgIpc) is 3.29. The van der Waals surface area contributed by atoms with Crippen LogP contribution in [0.5, 0.6) is 0 Å². The van der Waals surface area contributed by atoms with Crippen molar-refractivity contribution in [2.45, 2.75) is 102 Å². The maximum atomic E-state index is 6.12. The summed E-state index contributed by atoms with van der Waals surface area (Å²) in [6, 6.07) is 1.25. The van der Waals surface area contributed by atoms with E-state index in [-0.39, 0.29) is 0 Å². The van der Waals surface area contributed by atoms with E-state index in [9.17, 15) is 0 Å². The number of hydrogen-bond donors (Lipinski definition) is 3. The van der Waals surface area contributed by atoms with Crippen molar-refractivity contribution in [1.82, 2.24) is 24.5 Å². The molecule has 180 valence electrons. The summed E-state index contributed by atoms with van der Waals surface area (Å²) in [7, 11) is 0. The summed E-state index contributed by atoms with van der Waals surface area (Å²) in [5, 5.41) is 5.99. The maximum Gasteiger partial charge on any atom is 0.227 e. The first kappa shape index (κ1) is 21.6. The van der Waals surface area contributed by atoms with Crippen molar-refractivity contribution < 1.29 is 0 Å². The third-order valence-corrected chi connectivity index (χ3v) is 8.49. The number of aromatic nitrogens is 4. The van der Waals surface area contributed by atoms with Crippen LogP contribution in [0.25, 0.3) is 11.2 Å². The number of piperidine rings is 1. The molecule has 2 aromatic heterocycles. The van der Waals surface area contributed by atoms with Crippen LogP contribution in [-0.4, -0.2) is 49.7 Å². The van der Waals surface area contributed by atoms with Crippen LogP contribution in [0.15, 0.2) is 6.33 Å². The number of nitrogens with one attached hydrogen (secondary N) is 2. The molecule has 0 radical (unpaired) electrons. The molecule has 8 heteroatoms. The number of nitrogens with zero attached hydrogens (tertiary/aromatic N) is 5. The van der Waals surface area contributed by atoms with Crippen molar-refractivity contribution in [3.8, 4) is 0 Å². The maximum absolute atomic E-state index is 6.12. The van der Waals surface area contributed by atoms with E-state index in [1.807, 2.05) is 6.33 Å². The smallest absolute Gasteiger partial charge is 0.227 e. The second-order valence-corrected chi connectivity index (χ2v) is 11.1. The Bertz CT molecular complexity index is 931. The van der Waals surface area contributed by atoms with Crippen molar-refractivity contribution in [3.05, 3.63) is 6.33 Å². The van der Waals surface area contributed by atoms with Crippen LogP contribution in [0, 0.1) is 11.8 Å². The number of rotatable bonds is 7. The lowest BCUT2D eigenvalue weighted by Crippen LogP contribution is -2.38.